The molecule has 0 saturated heterocycles. The lowest BCUT2D eigenvalue weighted by atomic mass is 10.1. The molecule has 35 heavy (non-hydrogen) atoms. The summed E-state index contributed by atoms with van der Waals surface area (Å²) in [5.74, 6) is -0.127. The van der Waals surface area contributed by atoms with E-state index in [2.05, 4.69) is 26.7 Å². The summed E-state index contributed by atoms with van der Waals surface area (Å²) in [6.07, 6.45) is 1.91. The van der Waals surface area contributed by atoms with E-state index < -0.39 is 5.97 Å². The highest BCUT2D eigenvalue weighted by atomic mass is 16.5. The number of aryl methyl sites for hydroxylation is 3. The molecule has 4 rings (SSSR count). The number of ketones is 1. The number of nitrogens with zero attached hydrogens (tertiary/aromatic N) is 2. The van der Waals surface area contributed by atoms with Crippen LogP contribution in [0.5, 0.6) is 0 Å². The van der Waals surface area contributed by atoms with Gasteiger partial charge in [0.2, 0.25) is 5.78 Å². The fourth-order valence-electron chi connectivity index (χ4n) is 4.26. The summed E-state index contributed by atoms with van der Waals surface area (Å²) >= 11 is 0. The second kappa shape index (κ2) is 11.0. The topological polar surface area (TPSA) is 94.1 Å². The van der Waals surface area contributed by atoms with Crippen LogP contribution in [0.1, 0.15) is 46.0 Å². The molecule has 180 valence electrons. The molecule has 1 N–H and O–H groups in total. The average Bonchev–Trinajstić information content (AvgIpc) is 3.15. The van der Waals surface area contributed by atoms with Gasteiger partial charge in [0.15, 0.2) is 6.61 Å². The largest absolute Gasteiger partial charge is 0.457 e. The number of H-pyrrole nitrogens is 1. The highest BCUT2D eigenvalue weighted by Gasteiger charge is 2.17. The van der Waals surface area contributed by atoms with Crippen LogP contribution in [-0.2, 0) is 28.9 Å². The van der Waals surface area contributed by atoms with Gasteiger partial charge in [-0.2, -0.15) is 0 Å². The molecule has 2 heterocycles. The highest BCUT2D eigenvalue weighted by molar-refractivity contribution is 5.99. The number of rotatable bonds is 10. The molecule has 0 unspecified atom stereocenters. The third-order valence-electron chi connectivity index (χ3n) is 6.16. The number of para-hydroxylation sites is 1. The molecule has 0 spiro atoms. The van der Waals surface area contributed by atoms with Crippen molar-refractivity contribution in [1.29, 1.82) is 0 Å². The molecule has 0 aliphatic heterocycles. The molecule has 0 fully saturated rings. The van der Waals surface area contributed by atoms with E-state index in [1.807, 2.05) is 44.2 Å². The van der Waals surface area contributed by atoms with Crippen molar-refractivity contribution in [3.63, 3.8) is 0 Å². The Balaban J connectivity index is 1.27. The molecular formula is C28H29N3O4. The first-order chi connectivity index (χ1) is 16.9. The van der Waals surface area contributed by atoms with Crippen LogP contribution in [0.15, 0.2) is 65.5 Å². The zero-order valence-corrected chi connectivity index (χ0v) is 20.0. The Labute approximate surface area is 203 Å². The molecule has 2 aromatic heterocycles. The highest BCUT2D eigenvalue weighted by Crippen LogP contribution is 2.17. The summed E-state index contributed by atoms with van der Waals surface area (Å²) in [7, 11) is 0. The molecule has 7 heteroatoms. The summed E-state index contributed by atoms with van der Waals surface area (Å²) in [5.41, 5.74) is 4.14. The molecule has 0 bridgehead atoms. The number of hydrogen-bond donors (Lipinski definition) is 1. The number of benzene rings is 2. The van der Waals surface area contributed by atoms with E-state index in [0.29, 0.717) is 35.1 Å². The third kappa shape index (κ3) is 5.93. The third-order valence-corrected chi connectivity index (χ3v) is 6.16. The SMILES string of the molecule is Cc1cc(C(=O)COC(=O)CCCc2nc3ccccc3c(=O)[nH]2)c(C)n1CCc1ccccc1. The van der Waals surface area contributed by atoms with Gasteiger partial charge in [0, 0.05) is 36.3 Å². The summed E-state index contributed by atoms with van der Waals surface area (Å²) in [5, 5.41) is 0.536. The number of fused-ring (bicyclic) bond motifs is 1. The van der Waals surface area contributed by atoms with E-state index in [1.165, 1.54) is 5.56 Å². The Hall–Kier alpha value is -4.00. The van der Waals surface area contributed by atoms with E-state index in [0.717, 1.165) is 24.4 Å². The molecule has 4 aromatic rings. The lowest BCUT2D eigenvalue weighted by Gasteiger charge is -2.10. The normalized spacial score (nSPS) is 11.0. The molecule has 0 amide bonds. The van der Waals surface area contributed by atoms with Gasteiger partial charge in [0.25, 0.3) is 5.56 Å². The van der Waals surface area contributed by atoms with Gasteiger partial charge in [-0.15, -0.1) is 0 Å². The summed E-state index contributed by atoms with van der Waals surface area (Å²) in [6.45, 7) is 4.39. The van der Waals surface area contributed by atoms with Crippen molar-refractivity contribution in [3.8, 4) is 0 Å². The minimum atomic E-state index is -0.445. The van der Waals surface area contributed by atoms with Crippen LogP contribution in [0.4, 0.5) is 0 Å². The predicted octanol–water partition coefficient (Wildman–Crippen LogP) is 4.33. The van der Waals surface area contributed by atoms with Gasteiger partial charge in [-0.1, -0.05) is 42.5 Å². The van der Waals surface area contributed by atoms with Crippen molar-refractivity contribution in [2.45, 2.75) is 46.1 Å². The van der Waals surface area contributed by atoms with Gasteiger partial charge in [-0.05, 0) is 50.5 Å². The second-order valence-electron chi connectivity index (χ2n) is 8.64. The number of ether oxygens (including phenoxy) is 1. The Kier molecular flexibility index (Phi) is 7.55. The van der Waals surface area contributed by atoms with Gasteiger partial charge in [-0.25, -0.2) is 4.98 Å². The van der Waals surface area contributed by atoms with Crippen molar-refractivity contribution < 1.29 is 14.3 Å². The van der Waals surface area contributed by atoms with E-state index in [1.54, 1.807) is 18.2 Å². The lowest BCUT2D eigenvalue weighted by Crippen LogP contribution is -2.16. The van der Waals surface area contributed by atoms with Crippen molar-refractivity contribution in [3.05, 3.63) is 99.4 Å². The first kappa shape index (κ1) is 24.1. The number of nitrogens with one attached hydrogen (secondary N) is 1. The average molecular weight is 472 g/mol. The Bertz CT molecular complexity index is 1400. The van der Waals surface area contributed by atoms with Crippen molar-refractivity contribution in [2.24, 2.45) is 0 Å². The smallest absolute Gasteiger partial charge is 0.306 e. The number of carbonyl (C=O) groups is 2. The van der Waals surface area contributed by atoms with E-state index >= 15 is 0 Å². The Morgan fingerprint density at radius 3 is 2.54 bits per heavy atom. The second-order valence-corrected chi connectivity index (χ2v) is 8.64. The maximum atomic E-state index is 12.7. The molecule has 7 nitrogen and oxygen atoms in total. The molecule has 0 saturated carbocycles. The monoisotopic (exact) mass is 471 g/mol. The number of hydrogen-bond acceptors (Lipinski definition) is 5. The number of esters is 1. The fourth-order valence-corrected chi connectivity index (χ4v) is 4.26. The lowest BCUT2D eigenvalue weighted by molar-refractivity contribution is -0.142. The Morgan fingerprint density at radius 2 is 1.74 bits per heavy atom. The van der Waals surface area contributed by atoms with Gasteiger partial charge in [0.05, 0.1) is 10.9 Å². The standard InChI is InChI=1S/C28H29N3O4/c1-19-17-23(20(2)31(19)16-15-21-9-4-3-5-10-21)25(32)18-35-27(33)14-8-13-26-29-24-12-7-6-11-22(24)28(34)30-26/h3-7,9-12,17H,8,13-16,18H2,1-2H3,(H,29,30,34). The van der Waals surface area contributed by atoms with Crippen molar-refractivity contribution >= 4 is 22.7 Å². The van der Waals surface area contributed by atoms with Crippen LogP contribution in [0.2, 0.25) is 0 Å². The quantitative estimate of drug-likeness (QED) is 0.274. The van der Waals surface area contributed by atoms with Gasteiger partial charge >= 0.3 is 5.97 Å². The number of aromatic amines is 1. The number of aromatic nitrogens is 3. The van der Waals surface area contributed by atoms with Crippen LogP contribution in [0.25, 0.3) is 10.9 Å². The summed E-state index contributed by atoms with van der Waals surface area (Å²) in [4.78, 5) is 44.3. The zero-order valence-electron chi connectivity index (χ0n) is 20.0. The molecule has 2 aromatic carbocycles. The number of Topliss-reactive ketones (excluding diaryl/α,β-unsaturated/α-hetero) is 1. The van der Waals surface area contributed by atoms with E-state index in [-0.39, 0.29) is 24.4 Å². The molecular weight excluding hydrogens is 442 g/mol. The Morgan fingerprint density at radius 1 is 1.00 bits per heavy atom. The first-order valence-corrected chi connectivity index (χ1v) is 11.8. The van der Waals surface area contributed by atoms with Gasteiger partial charge in [-0.3, -0.25) is 14.4 Å². The number of carbonyl (C=O) groups excluding carboxylic acids is 2. The predicted molar refractivity (Wildman–Crippen MR) is 135 cm³/mol. The van der Waals surface area contributed by atoms with E-state index in [4.69, 9.17) is 4.74 Å². The fraction of sp³-hybridized carbons (Fsp3) is 0.286. The maximum Gasteiger partial charge on any atom is 0.306 e. The van der Waals surface area contributed by atoms with Crippen LogP contribution in [0, 0.1) is 13.8 Å². The molecule has 0 aliphatic carbocycles. The summed E-state index contributed by atoms with van der Waals surface area (Å²) < 4.78 is 7.36. The van der Waals surface area contributed by atoms with Crippen LogP contribution in [-0.4, -0.2) is 32.9 Å². The molecule has 0 radical (unpaired) electrons. The van der Waals surface area contributed by atoms with Crippen LogP contribution < -0.4 is 5.56 Å². The molecule has 0 atom stereocenters. The van der Waals surface area contributed by atoms with Crippen LogP contribution in [0.3, 0.4) is 0 Å². The van der Waals surface area contributed by atoms with E-state index in [9.17, 15) is 14.4 Å². The first-order valence-electron chi connectivity index (χ1n) is 11.8. The van der Waals surface area contributed by atoms with Crippen molar-refractivity contribution in [2.75, 3.05) is 6.61 Å². The van der Waals surface area contributed by atoms with Gasteiger partial charge < -0.3 is 14.3 Å². The minimum Gasteiger partial charge on any atom is -0.457 e. The van der Waals surface area contributed by atoms with Gasteiger partial charge in [0.1, 0.15) is 5.82 Å². The van der Waals surface area contributed by atoms with Crippen molar-refractivity contribution in [1.82, 2.24) is 14.5 Å². The maximum absolute atomic E-state index is 12.7. The molecule has 0 aliphatic rings. The summed E-state index contributed by atoms with van der Waals surface area (Å²) in [6, 6.07) is 19.2. The van der Waals surface area contributed by atoms with Crippen LogP contribution >= 0.6 is 0 Å². The zero-order chi connectivity index (χ0) is 24.8. The minimum absolute atomic E-state index is 0.139.